The maximum Gasteiger partial charge on any atom is 0.322 e. The number of hydrogen-bond donors (Lipinski definition) is 15. The number of amides is 10. The number of carbonyl (C=O) groups excluding carboxylic acids is 10. The molecule has 2 aromatic rings. The fraction of sp³-hybridized carbons (Fsp3) is 0.577. The van der Waals surface area contributed by atoms with Gasteiger partial charge in [-0.05, 0) is 80.4 Å². The van der Waals surface area contributed by atoms with Gasteiger partial charge in [0.25, 0.3) is 0 Å². The van der Waals surface area contributed by atoms with E-state index in [-0.39, 0.29) is 76.8 Å². The fourth-order valence-corrected chi connectivity index (χ4v) is 9.61. The number of likely N-dealkylation sites (tertiary alicyclic amines) is 1. The topological polar surface area (TPSA) is 490 Å². The van der Waals surface area contributed by atoms with Gasteiger partial charge in [-0.25, -0.2) is 4.98 Å². The first-order valence-electron chi connectivity index (χ1n) is 27.1. The molecule has 32 heteroatoms. The van der Waals surface area contributed by atoms with E-state index in [1.54, 1.807) is 56.7 Å². The molecule has 0 radical (unpaired) electrons. The molecule has 1 saturated heterocycles. The summed E-state index contributed by atoms with van der Waals surface area (Å²) >= 11 is 2.65. The molecule has 1 aliphatic heterocycles. The average Bonchev–Trinajstić information content (AvgIpc) is 4.23. The molecule has 3 rings (SSSR count). The Hall–Kier alpha value is -8.00. The van der Waals surface area contributed by atoms with Crippen LogP contribution in [0.5, 0.6) is 0 Å². The molecule has 2 heterocycles. The van der Waals surface area contributed by atoms with E-state index in [0.717, 1.165) is 0 Å². The molecule has 30 nitrogen and oxygen atoms in total. The number of nitrogens with two attached hydrogens (primary N) is 4. The van der Waals surface area contributed by atoms with Crippen LogP contribution in [0.3, 0.4) is 0 Å². The van der Waals surface area contributed by atoms with E-state index in [4.69, 9.17) is 28.0 Å². The van der Waals surface area contributed by atoms with Crippen LogP contribution in [-0.4, -0.2) is 200 Å². The van der Waals surface area contributed by atoms with Crippen molar-refractivity contribution >= 4 is 100 Å². The molecule has 1 aromatic heterocycles. The third-order valence-corrected chi connectivity index (χ3v) is 14.4. The summed E-state index contributed by atoms with van der Waals surface area (Å²) in [6, 6.07) is -3.69. The normalized spacial score (nSPS) is 15.7. The molecule has 1 aromatic carbocycles. The lowest BCUT2D eigenvalue weighted by Crippen LogP contribution is -2.61. The smallest absolute Gasteiger partial charge is 0.322 e. The van der Waals surface area contributed by atoms with Gasteiger partial charge in [0.05, 0.1) is 18.8 Å². The summed E-state index contributed by atoms with van der Waals surface area (Å²) in [7, 11) is 0. The number of imidazole rings is 1. The molecule has 0 spiro atoms. The maximum atomic E-state index is 14.9. The molecule has 1 aliphatic rings. The Bertz CT molecular complexity index is 2590. The Morgan fingerprint density at radius 2 is 1.25 bits per heavy atom. The van der Waals surface area contributed by atoms with Gasteiger partial charge >= 0.3 is 11.9 Å². The highest BCUT2D eigenvalue weighted by atomic mass is 32.2. The monoisotopic (exact) mass is 1220 g/mol. The molecule has 9 atom stereocenters. The lowest BCUT2D eigenvalue weighted by molar-refractivity contribution is -0.142. The second kappa shape index (κ2) is 36.6. The van der Waals surface area contributed by atoms with Crippen molar-refractivity contribution in [3.05, 3.63) is 54.1 Å². The minimum atomic E-state index is -1.82. The highest BCUT2D eigenvalue weighted by molar-refractivity contribution is 7.98. The third kappa shape index (κ3) is 24.8. The molecule has 10 amide bonds. The summed E-state index contributed by atoms with van der Waals surface area (Å²) in [4.78, 5) is 173. The van der Waals surface area contributed by atoms with Crippen molar-refractivity contribution in [2.45, 2.75) is 139 Å². The molecular formula is C52H80N16O14S2. The first-order valence-corrected chi connectivity index (χ1v) is 29.9. The molecule has 19 N–H and O–H groups in total. The minimum absolute atomic E-state index is 0.0138. The Morgan fingerprint density at radius 1 is 0.690 bits per heavy atom. The SMILES string of the molecule is CSCC[C@H](NC(=O)[C@H](CCCN=C(N)N)NC(=O)[C@H](CC(=O)O)NC(=O)[C@H](CCSC)NC(=O)[C@@H](N)CCC(N)=O)C(=O)N[C@@H](Cc1ccccc1)C(=O)N1CCC[C@H]1C(=O)N[C@@H](Cc1cnc[nH]1)C(=O)N[C@H](C(=O)NCC(=O)O)C(C)C. The largest absolute Gasteiger partial charge is 0.481 e. The number of carboxylic acids is 2. The fourth-order valence-electron chi connectivity index (χ4n) is 8.67. The van der Waals surface area contributed by atoms with Crippen LogP contribution in [0.25, 0.3) is 0 Å². The van der Waals surface area contributed by atoms with Gasteiger partial charge in [0.2, 0.25) is 59.1 Å². The number of aromatic amines is 1. The summed E-state index contributed by atoms with van der Waals surface area (Å²) < 4.78 is 0. The quantitative estimate of drug-likeness (QED) is 0.0173. The van der Waals surface area contributed by atoms with Crippen LogP contribution >= 0.6 is 23.5 Å². The number of benzene rings is 1. The van der Waals surface area contributed by atoms with Crippen LogP contribution < -0.4 is 65.5 Å². The van der Waals surface area contributed by atoms with E-state index in [0.29, 0.717) is 29.2 Å². The van der Waals surface area contributed by atoms with Crippen LogP contribution in [-0.2, 0) is 70.4 Å². The van der Waals surface area contributed by atoms with Crippen LogP contribution in [0.1, 0.15) is 82.9 Å². The highest BCUT2D eigenvalue weighted by Gasteiger charge is 2.41. The van der Waals surface area contributed by atoms with Gasteiger partial charge in [-0.1, -0.05) is 44.2 Å². The van der Waals surface area contributed by atoms with Gasteiger partial charge in [0.15, 0.2) is 5.96 Å². The summed E-state index contributed by atoms with van der Waals surface area (Å²) in [5, 5.41) is 39.4. The Labute approximate surface area is 494 Å². The van der Waals surface area contributed by atoms with Crippen molar-refractivity contribution in [3.8, 4) is 0 Å². The Morgan fingerprint density at radius 3 is 1.79 bits per heavy atom. The summed E-state index contributed by atoms with van der Waals surface area (Å²) in [6.45, 7) is 2.60. The van der Waals surface area contributed by atoms with E-state index in [1.165, 1.54) is 40.9 Å². The zero-order chi connectivity index (χ0) is 62.5. The van der Waals surface area contributed by atoms with Crippen molar-refractivity contribution in [2.75, 3.05) is 43.7 Å². The molecule has 464 valence electrons. The predicted octanol–water partition coefficient (Wildman–Crippen LogP) is -3.94. The number of nitrogens with one attached hydrogen (secondary N) is 9. The number of guanidine groups is 1. The van der Waals surface area contributed by atoms with E-state index in [1.807, 2.05) is 0 Å². The number of H-pyrrole nitrogens is 1. The van der Waals surface area contributed by atoms with Gasteiger partial charge < -0.3 is 85.6 Å². The van der Waals surface area contributed by atoms with Gasteiger partial charge in [-0.15, -0.1) is 0 Å². The molecule has 0 unspecified atom stereocenters. The number of primary amides is 1. The van der Waals surface area contributed by atoms with Gasteiger partial charge in [-0.2, -0.15) is 23.5 Å². The lowest BCUT2D eigenvalue weighted by Gasteiger charge is -2.31. The first-order chi connectivity index (χ1) is 39.8. The number of thioether (sulfide) groups is 2. The zero-order valence-corrected chi connectivity index (χ0v) is 49.0. The number of aromatic nitrogens is 2. The van der Waals surface area contributed by atoms with E-state index in [9.17, 15) is 62.6 Å². The van der Waals surface area contributed by atoms with Gasteiger partial charge in [0, 0.05) is 44.2 Å². The molecule has 0 aliphatic carbocycles. The summed E-state index contributed by atoms with van der Waals surface area (Å²) in [5.74, 6) is -11.3. The number of nitrogens with zero attached hydrogens (tertiary/aromatic N) is 3. The molecule has 0 saturated carbocycles. The molecule has 0 bridgehead atoms. The summed E-state index contributed by atoms with van der Waals surface area (Å²) in [6.07, 6.45) is 5.10. The molecule has 1 fully saturated rings. The second-order valence-corrected chi connectivity index (χ2v) is 22.1. The molecule has 84 heavy (non-hydrogen) atoms. The van der Waals surface area contributed by atoms with Crippen molar-refractivity contribution in [2.24, 2.45) is 33.8 Å². The number of hydrogen-bond acceptors (Lipinski definition) is 17. The van der Waals surface area contributed by atoms with Crippen LogP contribution in [0.4, 0.5) is 0 Å². The number of aliphatic carboxylic acids is 2. The van der Waals surface area contributed by atoms with Crippen molar-refractivity contribution in [1.82, 2.24) is 57.4 Å². The van der Waals surface area contributed by atoms with Crippen molar-refractivity contribution < 1.29 is 67.7 Å². The standard InChI is InChI=1S/C52H80N16O14S2/c1-28(2)42(50(81)59-26-41(72)73)67-48(79)35(23-30-25-57-27-60-30)65-49(80)38-13-9-19-68(38)51(82)37(22-29-10-6-5-7-11-29)66-46(77)34(17-21-84-4)63-44(75)32(12-8-18-58-52(55)56)62-47(78)36(24-40(70)71)64-45(76)33(16-20-83-3)61-43(74)31(53)14-15-39(54)69/h5-7,10-11,25,27-28,31-38,42H,8-9,12-24,26,53H2,1-4H3,(H2,54,69)(H,57,60)(H,59,81)(H,61,74)(H,62,78)(H,63,75)(H,64,76)(H,65,80)(H,66,77)(H,67,79)(H,70,71)(H,72,73)(H4,55,56,58)/t31-,32-,33-,34-,35-,36-,37-,38-,42-/m0/s1. The van der Waals surface area contributed by atoms with E-state index < -0.39 is 144 Å². The lowest BCUT2D eigenvalue weighted by atomic mass is 10.0. The Kier molecular flexibility index (Phi) is 30.6. The number of carbonyl (C=O) groups is 12. The summed E-state index contributed by atoms with van der Waals surface area (Å²) in [5.41, 5.74) is 23.2. The number of aliphatic imine (C=N–C) groups is 1. The third-order valence-electron chi connectivity index (χ3n) is 13.1. The first kappa shape index (κ1) is 70.3. The van der Waals surface area contributed by atoms with Crippen molar-refractivity contribution in [3.63, 3.8) is 0 Å². The maximum absolute atomic E-state index is 14.9. The predicted molar refractivity (Wildman–Crippen MR) is 311 cm³/mol. The minimum Gasteiger partial charge on any atom is -0.481 e. The number of carboxylic acid groups (broad SMARTS) is 2. The van der Waals surface area contributed by atoms with E-state index >= 15 is 0 Å². The zero-order valence-electron chi connectivity index (χ0n) is 47.4. The van der Waals surface area contributed by atoms with E-state index in [2.05, 4.69) is 57.5 Å². The molecular weight excluding hydrogens is 1140 g/mol. The highest BCUT2D eigenvalue weighted by Crippen LogP contribution is 2.21. The second-order valence-electron chi connectivity index (χ2n) is 20.1. The van der Waals surface area contributed by atoms with Crippen molar-refractivity contribution in [1.29, 1.82) is 0 Å². The average molecular weight is 1220 g/mol. The number of rotatable bonds is 38. The van der Waals surface area contributed by atoms with Crippen LogP contribution in [0.15, 0.2) is 47.8 Å². The van der Waals surface area contributed by atoms with Gasteiger partial charge in [-0.3, -0.25) is 62.5 Å². The van der Waals surface area contributed by atoms with Crippen LogP contribution in [0, 0.1) is 5.92 Å². The Balaban J connectivity index is 1.94. The van der Waals surface area contributed by atoms with Gasteiger partial charge in [0.1, 0.15) is 54.9 Å². The van der Waals surface area contributed by atoms with Crippen LogP contribution in [0.2, 0.25) is 0 Å².